The first kappa shape index (κ1) is 24.8. The van der Waals surface area contributed by atoms with Crippen LogP contribution in [0.25, 0.3) is 11.0 Å². The van der Waals surface area contributed by atoms with Crippen molar-refractivity contribution < 1.29 is 19.1 Å². The van der Waals surface area contributed by atoms with E-state index in [1.807, 2.05) is 0 Å². The van der Waals surface area contributed by atoms with Crippen LogP contribution in [-0.4, -0.2) is 33.8 Å². The van der Waals surface area contributed by atoms with Crippen molar-refractivity contribution in [1.29, 1.82) is 0 Å². The van der Waals surface area contributed by atoms with Crippen molar-refractivity contribution in [2.24, 2.45) is 0 Å². The molecule has 0 fully saturated rings. The highest BCUT2D eigenvalue weighted by atomic mass is 35.5. The molecule has 0 saturated heterocycles. The van der Waals surface area contributed by atoms with E-state index in [1.165, 1.54) is 10.8 Å². The van der Waals surface area contributed by atoms with E-state index in [0.29, 0.717) is 33.2 Å². The first-order chi connectivity index (χ1) is 17.3. The summed E-state index contributed by atoms with van der Waals surface area (Å²) in [4.78, 5) is 55.4. The minimum Gasteiger partial charge on any atom is -0.462 e. The van der Waals surface area contributed by atoms with E-state index in [0.717, 1.165) is 0 Å². The summed E-state index contributed by atoms with van der Waals surface area (Å²) in [5.41, 5.74) is 1.54. The number of ether oxygens (including phenoxy) is 1. The molecule has 36 heavy (non-hydrogen) atoms. The van der Waals surface area contributed by atoms with Crippen molar-refractivity contribution in [3.8, 4) is 0 Å². The molecule has 4 aromatic rings. The molecule has 8 nitrogen and oxygen atoms in total. The van der Waals surface area contributed by atoms with E-state index in [4.69, 9.17) is 16.3 Å². The summed E-state index contributed by atoms with van der Waals surface area (Å²) in [6.45, 7) is 3.55. The van der Waals surface area contributed by atoms with Crippen LogP contribution in [0.1, 0.15) is 38.9 Å². The molecule has 0 bridgehead atoms. The average Bonchev–Trinajstić information content (AvgIpc) is 2.86. The monoisotopic (exact) mass is 503 g/mol. The number of pyridine rings is 2. The van der Waals surface area contributed by atoms with Crippen LogP contribution in [0.15, 0.2) is 71.7 Å². The molecule has 2 aromatic carbocycles. The van der Waals surface area contributed by atoms with Crippen LogP contribution in [0, 0.1) is 6.92 Å². The van der Waals surface area contributed by atoms with E-state index < -0.39 is 23.1 Å². The zero-order valence-electron chi connectivity index (χ0n) is 19.6. The number of carbonyl (C=O) groups excluding carboxylic acids is 3. The summed E-state index contributed by atoms with van der Waals surface area (Å²) < 4.78 is 6.44. The SMILES string of the molecule is CCOC(=O)c1ccc(NC(=O)Cn2cc(C(=O)c3ccc(Cl)cc3)c(=O)c3ccc(C)nc32)cc1. The number of esters is 1. The average molecular weight is 504 g/mol. The molecule has 0 aliphatic rings. The van der Waals surface area contributed by atoms with Crippen molar-refractivity contribution in [3.05, 3.63) is 104 Å². The van der Waals surface area contributed by atoms with Gasteiger partial charge in [-0.05, 0) is 74.5 Å². The summed E-state index contributed by atoms with van der Waals surface area (Å²) in [6.07, 6.45) is 1.36. The number of hydrogen-bond donors (Lipinski definition) is 1. The molecule has 0 radical (unpaired) electrons. The van der Waals surface area contributed by atoms with Gasteiger partial charge >= 0.3 is 5.97 Å². The van der Waals surface area contributed by atoms with Crippen LogP contribution in [0.5, 0.6) is 0 Å². The van der Waals surface area contributed by atoms with E-state index in [2.05, 4.69) is 10.3 Å². The number of aryl methyl sites for hydroxylation is 1. The molecule has 0 spiro atoms. The maximum atomic E-state index is 13.1. The van der Waals surface area contributed by atoms with Crippen LogP contribution >= 0.6 is 11.6 Å². The van der Waals surface area contributed by atoms with Gasteiger partial charge in [-0.1, -0.05) is 11.6 Å². The van der Waals surface area contributed by atoms with Crippen LogP contribution in [-0.2, 0) is 16.1 Å². The molecular weight excluding hydrogens is 482 g/mol. The first-order valence-corrected chi connectivity index (χ1v) is 11.5. The van der Waals surface area contributed by atoms with Crippen molar-refractivity contribution in [2.75, 3.05) is 11.9 Å². The minimum absolute atomic E-state index is 0.0814. The Kier molecular flexibility index (Phi) is 7.26. The summed E-state index contributed by atoms with van der Waals surface area (Å²) >= 11 is 5.92. The number of carbonyl (C=O) groups is 3. The third-order valence-corrected chi connectivity index (χ3v) is 5.66. The molecular formula is C27H22ClN3O5. The Morgan fingerprint density at radius 1 is 0.972 bits per heavy atom. The van der Waals surface area contributed by atoms with E-state index in [9.17, 15) is 19.2 Å². The molecule has 9 heteroatoms. The number of anilines is 1. The summed E-state index contributed by atoms with van der Waals surface area (Å²) in [6, 6.07) is 15.8. The van der Waals surface area contributed by atoms with Crippen LogP contribution in [0.2, 0.25) is 5.02 Å². The molecule has 1 N–H and O–H groups in total. The number of ketones is 1. The molecule has 0 unspecified atom stereocenters. The molecule has 4 rings (SSSR count). The minimum atomic E-state index is -0.483. The van der Waals surface area contributed by atoms with Crippen molar-refractivity contribution in [1.82, 2.24) is 9.55 Å². The molecule has 182 valence electrons. The quantitative estimate of drug-likeness (QED) is 0.296. The Bertz CT molecular complexity index is 1530. The Morgan fingerprint density at radius 3 is 2.31 bits per heavy atom. The van der Waals surface area contributed by atoms with Gasteiger partial charge in [0.25, 0.3) is 0 Å². The van der Waals surface area contributed by atoms with E-state index >= 15 is 0 Å². The van der Waals surface area contributed by atoms with Gasteiger partial charge in [0.1, 0.15) is 12.2 Å². The first-order valence-electron chi connectivity index (χ1n) is 11.1. The van der Waals surface area contributed by atoms with Gasteiger partial charge in [0.15, 0.2) is 5.78 Å². The normalized spacial score (nSPS) is 10.8. The van der Waals surface area contributed by atoms with Gasteiger partial charge in [0.2, 0.25) is 11.3 Å². The fourth-order valence-corrected chi connectivity index (χ4v) is 3.78. The van der Waals surface area contributed by atoms with Crippen molar-refractivity contribution >= 4 is 46.0 Å². The summed E-state index contributed by atoms with van der Waals surface area (Å²) in [5.74, 6) is -1.34. The third kappa shape index (κ3) is 5.34. The highest BCUT2D eigenvalue weighted by molar-refractivity contribution is 6.30. The highest BCUT2D eigenvalue weighted by Gasteiger charge is 2.19. The lowest BCUT2D eigenvalue weighted by molar-refractivity contribution is -0.116. The summed E-state index contributed by atoms with van der Waals surface area (Å²) in [7, 11) is 0. The Morgan fingerprint density at radius 2 is 1.64 bits per heavy atom. The Labute approximate surface area is 211 Å². The molecule has 0 atom stereocenters. The van der Waals surface area contributed by atoms with Gasteiger partial charge in [0.05, 0.1) is 23.1 Å². The number of hydrogen-bond acceptors (Lipinski definition) is 6. The van der Waals surface area contributed by atoms with Gasteiger partial charge in [0, 0.05) is 28.2 Å². The largest absolute Gasteiger partial charge is 0.462 e. The van der Waals surface area contributed by atoms with Crippen molar-refractivity contribution in [2.45, 2.75) is 20.4 Å². The van der Waals surface area contributed by atoms with Gasteiger partial charge in [-0.3, -0.25) is 14.4 Å². The number of nitrogens with one attached hydrogen (secondary N) is 1. The van der Waals surface area contributed by atoms with Gasteiger partial charge < -0.3 is 14.6 Å². The Hall–Kier alpha value is -4.30. The van der Waals surface area contributed by atoms with E-state index in [-0.39, 0.29) is 24.1 Å². The maximum absolute atomic E-state index is 13.1. The lowest BCUT2D eigenvalue weighted by Crippen LogP contribution is -2.25. The Balaban J connectivity index is 1.65. The zero-order chi connectivity index (χ0) is 25.8. The number of rotatable bonds is 7. The standard InChI is InChI=1S/C27H22ClN3O5/c1-3-36-27(35)18-7-11-20(12-8-18)30-23(32)15-31-14-22(24(33)17-5-9-19(28)10-6-17)25(34)21-13-4-16(2)29-26(21)31/h4-14H,3,15H2,1-2H3,(H,30,32). The second-order valence-corrected chi connectivity index (χ2v) is 8.44. The second kappa shape index (κ2) is 10.5. The lowest BCUT2D eigenvalue weighted by atomic mass is 10.0. The molecule has 0 aliphatic heterocycles. The second-order valence-electron chi connectivity index (χ2n) is 8.01. The number of halogens is 1. The van der Waals surface area contributed by atoms with Gasteiger partial charge in [-0.15, -0.1) is 0 Å². The van der Waals surface area contributed by atoms with Crippen LogP contribution in [0.4, 0.5) is 5.69 Å². The van der Waals surface area contributed by atoms with Crippen LogP contribution in [0.3, 0.4) is 0 Å². The number of aromatic nitrogens is 2. The van der Waals surface area contributed by atoms with Crippen LogP contribution < -0.4 is 10.7 Å². The smallest absolute Gasteiger partial charge is 0.338 e. The predicted molar refractivity (Wildman–Crippen MR) is 137 cm³/mol. The van der Waals surface area contributed by atoms with E-state index in [1.54, 1.807) is 74.5 Å². The number of amides is 1. The molecule has 0 aliphatic carbocycles. The van der Waals surface area contributed by atoms with Gasteiger partial charge in [-0.25, -0.2) is 9.78 Å². The van der Waals surface area contributed by atoms with Crippen molar-refractivity contribution in [3.63, 3.8) is 0 Å². The molecule has 2 aromatic heterocycles. The zero-order valence-corrected chi connectivity index (χ0v) is 20.3. The predicted octanol–water partition coefficient (Wildman–Crippen LogP) is 4.40. The highest BCUT2D eigenvalue weighted by Crippen LogP contribution is 2.17. The summed E-state index contributed by atoms with van der Waals surface area (Å²) in [5, 5.41) is 3.45. The van der Waals surface area contributed by atoms with Gasteiger partial charge in [-0.2, -0.15) is 0 Å². The maximum Gasteiger partial charge on any atom is 0.338 e. The fraction of sp³-hybridized carbons (Fsp3) is 0.148. The molecule has 1 amide bonds. The topological polar surface area (TPSA) is 107 Å². The number of nitrogens with zero attached hydrogens (tertiary/aromatic N) is 2. The third-order valence-electron chi connectivity index (χ3n) is 5.41. The molecule has 2 heterocycles. The molecule has 0 saturated carbocycles. The lowest BCUT2D eigenvalue weighted by Gasteiger charge is -2.13. The number of fused-ring (bicyclic) bond motifs is 1. The fourth-order valence-electron chi connectivity index (χ4n) is 3.66. The number of benzene rings is 2.